The van der Waals surface area contributed by atoms with Gasteiger partial charge in [0, 0.05) is 25.2 Å². The molecule has 224 valence electrons. The molecular formula is C26H27F6N3O5S. The molecule has 0 unspecified atom stereocenters. The van der Waals surface area contributed by atoms with Crippen molar-refractivity contribution < 1.29 is 50.9 Å². The largest absolute Gasteiger partial charge is 0.478 e. The van der Waals surface area contributed by atoms with E-state index in [1.165, 1.54) is 12.8 Å². The predicted molar refractivity (Wildman–Crippen MR) is 138 cm³/mol. The molecule has 3 aliphatic rings. The molecule has 1 saturated heterocycles. The van der Waals surface area contributed by atoms with Crippen LogP contribution in [0.4, 0.5) is 31.1 Å². The zero-order chi connectivity index (χ0) is 30.4. The molecule has 8 nitrogen and oxygen atoms in total. The zero-order valence-electron chi connectivity index (χ0n) is 21.5. The summed E-state index contributed by atoms with van der Waals surface area (Å²) in [5.41, 5.74) is -2.71. The van der Waals surface area contributed by atoms with Crippen LogP contribution < -0.4 is 5.32 Å². The Bertz CT molecular complexity index is 1220. The number of halogens is 6. The van der Waals surface area contributed by atoms with E-state index in [1.807, 2.05) is 11.0 Å². The fraction of sp³-hybridized carbons (Fsp3) is 0.462. The van der Waals surface area contributed by atoms with Crippen molar-refractivity contribution in [2.45, 2.75) is 44.6 Å². The number of nitrogens with zero attached hydrogens (tertiary/aromatic N) is 2. The molecule has 0 bridgehead atoms. The van der Waals surface area contributed by atoms with Gasteiger partial charge in [0.1, 0.15) is 5.84 Å². The van der Waals surface area contributed by atoms with E-state index in [4.69, 9.17) is 10.2 Å². The zero-order valence-corrected chi connectivity index (χ0v) is 22.3. The van der Waals surface area contributed by atoms with E-state index in [1.54, 1.807) is 0 Å². The summed E-state index contributed by atoms with van der Waals surface area (Å²) in [6.45, 7) is 1.73. The number of alkyl halides is 6. The lowest BCUT2D eigenvalue weighted by Gasteiger charge is -2.31. The lowest BCUT2D eigenvalue weighted by Crippen LogP contribution is -2.34. The highest BCUT2D eigenvalue weighted by atomic mass is 32.2. The molecule has 2 heterocycles. The number of likely N-dealkylation sites (tertiary alicyclic amines) is 1. The molecule has 41 heavy (non-hydrogen) atoms. The van der Waals surface area contributed by atoms with Gasteiger partial charge >= 0.3 is 29.5 Å². The maximum Gasteiger partial charge on any atom is 0.416 e. The number of allylic oxidation sites excluding steroid dienone is 1. The molecule has 0 aromatic heterocycles. The van der Waals surface area contributed by atoms with Gasteiger partial charge in [-0.05, 0) is 80.1 Å². The standard InChI is InChI=1S/C22H23F6N3OS.C4H4O4/c23-21(24,25)16-4-3-15(17(10-16)22(26,27)28)12-31-7-5-13(6-8-31)9-18-19(30-20(32)33-18)29-11-14-1-2-14;5-3(6)1-2-4(7)8/h3-4,9-10,13-14H,1-2,5-8,11-12H2,(H,29,30,32);1-2H,(H,5,6)(H,7,8). The number of amides is 1. The van der Waals surface area contributed by atoms with Gasteiger partial charge in [-0.25, -0.2) is 9.59 Å². The average Bonchev–Trinajstić information content (AvgIpc) is 3.63. The van der Waals surface area contributed by atoms with Crippen LogP contribution in [0.25, 0.3) is 0 Å². The number of thioether (sulfide) groups is 1. The molecular weight excluding hydrogens is 580 g/mol. The smallest absolute Gasteiger partial charge is 0.416 e. The van der Waals surface area contributed by atoms with Crippen LogP contribution in [0.5, 0.6) is 0 Å². The molecule has 2 fully saturated rings. The number of piperidine rings is 1. The quantitative estimate of drug-likeness (QED) is 0.263. The minimum atomic E-state index is -4.87. The van der Waals surface area contributed by atoms with E-state index in [-0.39, 0.29) is 29.3 Å². The summed E-state index contributed by atoms with van der Waals surface area (Å²) in [5.74, 6) is -1.14. The summed E-state index contributed by atoms with van der Waals surface area (Å²) in [4.78, 5) is 37.5. The van der Waals surface area contributed by atoms with Crippen molar-refractivity contribution in [3.63, 3.8) is 0 Å². The first kappa shape index (κ1) is 32.2. The van der Waals surface area contributed by atoms with Gasteiger partial charge in [-0.15, -0.1) is 0 Å². The van der Waals surface area contributed by atoms with Gasteiger partial charge in [-0.3, -0.25) is 9.69 Å². The van der Waals surface area contributed by atoms with Crippen LogP contribution in [-0.4, -0.2) is 57.8 Å². The molecule has 1 aliphatic carbocycles. The third kappa shape index (κ3) is 10.5. The molecule has 1 aromatic carbocycles. The van der Waals surface area contributed by atoms with Crippen LogP contribution in [0.1, 0.15) is 42.4 Å². The van der Waals surface area contributed by atoms with Crippen molar-refractivity contribution in [1.29, 1.82) is 0 Å². The van der Waals surface area contributed by atoms with E-state index in [0.29, 0.717) is 55.9 Å². The SMILES string of the molecule is O=C(O)C=CC(=O)O.O=C1N=C(NCC2CC2)C(=CC2CCN(Cc3ccc(C(F)(F)F)cc3C(F)(F)F)CC2)S1. The molecule has 0 spiro atoms. The number of aliphatic imine (C=N–C) groups is 1. The second kappa shape index (κ2) is 13.6. The highest BCUT2D eigenvalue weighted by molar-refractivity contribution is 8.18. The second-order valence-electron chi connectivity index (χ2n) is 9.67. The lowest BCUT2D eigenvalue weighted by atomic mass is 9.95. The first-order chi connectivity index (χ1) is 19.1. The van der Waals surface area contributed by atoms with Crippen LogP contribution in [-0.2, 0) is 28.5 Å². The summed E-state index contributed by atoms with van der Waals surface area (Å²) >= 11 is 1.08. The van der Waals surface area contributed by atoms with Gasteiger partial charge in [0.2, 0.25) is 0 Å². The van der Waals surface area contributed by atoms with Gasteiger partial charge in [-0.1, -0.05) is 12.1 Å². The van der Waals surface area contributed by atoms with Crippen LogP contribution in [0.2, 0.25) is 0 Å². The normalized spacial score (nSPS) is 19.7. The molecule has 1 aromatic rings. The highest BCUT2D eigenvalue weighted by Gasteiger charge is 2.38. The third-order valence-corrected chi connectivity index (χ3v) is 7.23. The van der Waals surface area contributed by atoms with Gasteiger partial charge in [-0.2, -0.15) is 31.3 Å². The number of aliphatic carboxylic acids is 2. The van der Waals surface area contributed by atoms with Crippen LogP contribution in [0.3, 0.4) is 0 Å². The van der Waals surface area contributed by atoms with E-state index in [0.717, 1.165) is 29.3 Å². The number of nitrogens with one attached hydrogen (secondary N) is 1. The first-order valence-electron chi connectivity index (χ1n) is 12.5. The molecule has 15 heteroatoms. The van der Waals surface area contributed by atoms with Crippen LogP contribution in [0.15, 0.2) is 46.3 Å². The summed E-state index contributed by atoms with van der Waals surface area (Å²) in [6, 6.07) is 1.82. The van der Waals surface area contributed by atoms with E-state index < -0.39 is 35.4 Å². The fourth-order valence-corrected chi connectivity index (χ4v) is 4.94. The summed E-state index contributed by atoms with van der Waals surface area (Å²) in [7, 11) is 0. The van der Waals surface area contributed by atoms with Gasteiger partial charge < -0.3 is 15.5 Å². The average molecular weight is 608 g/mol. The Labute approximate surface area is 235 Å². The summed E-state index contributed by atoms with van der Waals surface area (Å²) in [5, 5.41) is 18.6. The predicted octanol–water partition coefficient (Wildman–Crippen LogP) is 5.80. The molecule has 1 amide bonds. The topological polar surface area (TPSA) is 119 Å². The van der Waals surface area contributed by atoms with Crippen molar-refractivity contribution in [1.82, 2.24) is 10.2 Å². The Kier molecular flexibility index (Phi) is 10.6. The number of carboxylic acid groups (broad SMARTS) is 2. The Hall–Kier alpha value is -3.33. The second-order valence-corrected chi connectivity index (χ2v) is 10.7. The number of benzene rings is 1. The molecule has 3 N–H and O–H groups in total. The molecule has 1 saturated carbocycles. The van der Waals surface area contributed by atoms with Crippen molar-refractivity contribution in [2.75, 3.05) is 19.6 Å². The molecule has 0 radical (unpaired) electrons. The molecule has 2 aliphatic heterocycles. The third-order valence-electron chi connectivity index (χ3n) is 6.41. The number of carbonyl (C=O) groups is 3. The molecule has 4 rings (SSSR count). The Morgan fingerprint density at radius 1 is 1.00 bits per heavy atom. The van der Waals surface area contributed by atoms with Crippen LogP contribution >= 0.6 is 11.8 Å². The minimum Gasteiger partial charge on any atom is -0.478 e. The maximum absolute atomic E-state index is 13.4. The number of carbonyl (C=O) groups excluding carboxylic acids is 1. The molecule has 0 atom stereocenters. The first-order valence-corrected chi connectivity index (χ1v) is 13.3. The number of amidine groups is 1. The fourth-order valence-electron chi connectivity index (χ4n) is 4.14. The maximum atomic E-state index is 13.4. The van der Waals surface area contributed by atoms with Crippen molar-refractivity contribution >= 4 is 34.8 Å². The van der Waals surface area contributed by atoms with E-state index in [2.05, 4.69) is 10.3 Å². The van der Waals surface area contributed by atoms with E-state index >= 15 is 0 Å². The highest BCUT2D eigenvalue weighted by Crippen LogP contribution is 2.38. The number of rotatable bonds is 7. The summed E-state index contributed by atoms with van der Waals surface area (Å²) in [6.07, 6.45) is -2.88. The Balaban J connectivity index is 0.000000507. The van der Waals surface area contributed by atoms with Crippen molar-refractivity contribution in [2.24, 2.45) is 16.8 Å². The summed E-state index contributed by atoms with van der Waals surface area (Å²) < 4.78 is 78.9. The van der Waals surface area contributed by atoms with Gasteiger partial charge in [0.05, 0.1) is 16.0 Å². The Morgan fingerprint density at radius 3 is 2.12 bits per heavy atom. The monoisotopic (exact) mass is 607 g/mol. The number of hydrogen-bond donors (Lipinski definition) is 3. The number of hydrogen-bond acceptors (Lipinski definition) is 6. The van der Waals surface area contributed by atoms with E-state index in [9.17, 15) is 40.7 Å². The van der Waals surface area contributed by atoms with Gasteiger partial charge in [0.15, 0.2) is 0 Å². The van der Waals surface area contributed by atoms with Gasteiger partial charge in [0.25, 0.3) is 0 Å². The Morgan fingerprint density at radius 2 is 1.61 bits per heavy atom. The minimum absolute atomic E-state index is 0.0703. The number of carboxylic acids is 2. The van der Waals surface area contributed by atoms with Crippen molar-refractivity contribution in [3.05, 3.63) is 58.0 Å². The van der Waals surface area contributed by atoms with Crippen LogP contribution in [0, 0.1) is 11.8 Å². The lowest BCUT2D eigenvalue weighted by molar-refractivity contribution is -0.143. The van der Waals surface area contributed by atoms with Crippen molar-refractivity contribution in [3.8, 4) is 0 Å².